The van der Waals surface area contributed by atoms with Gasteiger partial charge in [0.15, 0.2) is 0 Å². The average Bonchev–Trinajstić information content (AvgIpc) is 3.32. The van der Waals surface area contributed by atoms with E-state index in [0.717, 1.165) is 56.2 Å². The van der Waals surface area contributed by atoms with E-state index in [-0.39, 0.29) is 34.3 Å². The van der Waals surface area contributed by atoms with Crippen molar-refractivity contribution in [2.45, 2.75) is 96.6 Å². The maximum absolute atomic E-state index is 14.1. The lowest BCUT2D eigenvalue weighted by Gasteiger charge is -2.39. The summed E-state index contributed by atoms with van der Waals surface area (Å²) < 4.78 is 11.4. The predicted molar refractivity (Wildman–Crippen MR) is 146 cm³/mol. The van der Waals surface area contributed by atoms with Gasteiger partial charge in [-0.1, -0.05) is 33.8 Å². The van der Waals surface area contributed by atoms with E-state index in [2.05, 4.69) is 32.7 Å². The molecule has 1 amide bonds. The molecule has 0 radical (unpaired) electrons. The molecule has 2 aliphatic rings. The fourth-order valence-electron chi connectivity index (χ4n) is 5.45. The van der Waals surface area contributed by atoms with E-state index in [4.69, 9.17) is 9.47 Å². The number of methoxy groups -OCH3 is 1. The summed E-state index contributed by atoms with van der Waals surface area (Å²) in [5, 5.41) is 10.1. The summed E-state index contributed by atoms with van der Waals surface area (Å²) in [5.74, 6) is 0.758. The molecule has 7 nitrogen and oxygen atoms in total. The van der Waals surface area contributed by atoms with Crippen LogP contribution in [0.15, 0.2) is 24.3 Å². The third kappa shape index (κ3) is 6.46. The first-order valence-corrected chi connectivity index (χ1v) is 14.3. The molecule has 2 saturated carbocycles. The summed E-state index contributed by atoms with van der Waals surface area (Å²) in [4.78, 5) is 33.9. The number of ether oxygens (including phenoxy) is 2. The highest BCUT2D eigenvalue weighted by molar-refractivity contribution is 7.14. The van der Waals surface area contributed by atoms with Crippen LogP contribution in [0.1, 0.15) is 93.6 Å². The smallest absolute Gasteiger partial charge is 0.348 e. The van der Waals surface area contributed by atoms with Crippen molar-refractivity contribution in [3.05, 3.63) is 34.0 Å². The van der Waals surface area contributed by atoms with Gasteiger partial charge in [0.2, 0.25) is 17.7 Å². The van der Waals surface area contributed by atoms with Crippen LogP contribution < -0.4 is 14.4 Å². The molecule has 2 fully saturated rings. The Balaban J connectivity index is 1.58. The van der Waals surface area contributed by atoms with Gasteiger partial charge in [-0.3, -0.25) is 4.79 Å². The van der Waals surface area contributed by atoms with Crippen LogP contribution in [0.3, 0.4) is 0 Å². The Morgan fingerprint density at radius 3 is 2.27 bits per heavy atom. The number of pyridine rings is 1. The lowest BCUT2D eigenvalue weighted by molar-refractivity contribution is -0.124. The minimum atomic E-state index is -0.966. The lowest BCUT2D eigenvalue weighted by Crippen LogP contribution is -2.47. The molecule has 2 aromatic rings. The number of carboxylic acids is 1. The number of hydrogen-bond acceptors (Lipinski definition) is 6. The second kappa shape index (κ2) is 11.4. The third-order valence-electron chi connectivity index (χ3n) is 7.71. The van der Waals surface area contributed by atoms with Crippen LogP contribution in [-0.2, 0) is 10.2 Å². The third-order valence-corrected chi connectivity index (χ3v) is 9.25. The highest BCUT2D eigenvalue weighted by atomic mass is 32.1. The van der Waals surface area contributed by atoms with Crippen molar-refractivity contribution in [3.8, 4) is 11.8 Å². The molecule has 0 aliphatic heterocycles. The lowest BCUT2D eigenvalue weighted by atomic mass is 9.81. The van der Waals surface area contributed by atoms with Crippen LogP contribution >= 0.6 is 11.3 Å². The number of aromatic carboxylic acids is 1. The maximum Gasteiger partial charge on any atom is 0.348 e. The van der Waals surface area contributed by atoms with Gasteiger partial charge in [-0.25, -0.2) is 4.79 Å². The van der Waals surface area contributed by atoms with E-state index >= 15 is 0 Å². The Kier molecular flexibility index (Phi) is 8.46. The summed E-state index contributed by atoms with van der Waals surface area (Å²) in [6.45, 7) is 8.49. The Labute approximate surface area is 224 Å². The van der Waals surface area contributed by atoms with Gasteiger partial charge in [-0.05, 0) is 68.8 Å². The van der Waals surface area contributed by atoms with Crippen LogP contribution in [0, 0.1) is 11.8 Å². The van der Waals surface area contributed by atoms with Crippen LogP contribution in [-0.4, -0.2) is 41.2 Å². The monoisotopic (exact) mass is 528 g/mol. The Morgan fingerprint density at radius 2 is 1.68 bits per heavy atom. The van der Waals surface area contributed by atoms with E-state index in [1.165, 1.54) is 11.3 Å². The molecule has 0 unspecified atom stereocenters. The second-order valence-corrected chi connectivity index (χ2v) is 12.7. The minimum Gasteiger partial charge on any atom is -0.481 e. The normalized spacial score (nSPS) is 24.4. The number of aromatic nitrogens is 1. The van der Waals surface area contributed by atoms with Crippen molar-refractivity contribution < 1.29 is 24.2 Å². The number of carboxylic acid groups (broad SMARTS) is 1. The summed E-state index contributed by atoms with van der Waals surface area (Å²) in [7, 11) is 1.58. The molecule has 8 heteroatoms. The standard InChI is InChI=1S/C29H40N2O5S/c1-18-9-11-19(12-10-18)27(32)31(22-17-23(29(2,3)4)37-26(22)28(33)34)20-13-15-21(16-14-20)36-25-8-6-7-24(30-25)35-5/h6-8,17-21H,9-16H2,1-5H3,(H,33,34)/t18-,19-,20-,21-. The maximum atomic E-state index is 14.1. The van der Waals surface area contributed by atoms with Crippen LogP contribution in [0.4, 0.5) is 5.69 Å². The zero-order valence-corrected chi connectivity index (χ0v) is 23.5. The molecule has 2 heterocycles. The number of hydrogen-bond donors (Lipinski definition) is 1. The molecule has 1 N–H and O–H groups in total. The van der Waals surface area contributed by atoms with Crippen molar-refractivity contribution in [1.29, 1.82) is 0 Å². The average molecular weight is 529 g/mol. The molecule has 0 spiro atoms. The number of nitrogens with zero attached hydrogens (tertiary/aromatic N) is 2. The van der Waals surface area contributed by atoms with E-state index in [1.807, 2.05) is 23.1 Å². The van der Waals surface area contributed by atoms with Crippen molar-refractivity contribution in [1.82, 2.24) is 4.98 Å². The first-order valence-electron chi connectivity index (χ1n) is 13.4. The highest BCUT2D eigenvalue weighted by Crippen LogP contribution is 2.42. The quantitative estimate of drug-likeness (QED) is 0.430. The molecule has 202 valence electrons. The van der Waals surface area contributed by atoms with Crippen LogP contribution in [0.25, 0.3) is 0 Å². The molecule has 0 saturated heterocycles. The van der Waals surface area contributed by atoms with Gasteiger partial charge in [-0.2, -0.15) is 4.98 Å². The predicted octanol–water partition coefficient (Wildman–Crippen LogP) is 6.70. The number of rotatable bonds is 7. The van der Waals surface area contributed by atoms with Gasteiger partial charge in [0, 0.05) is 29.0 Å². The Bertz CT molecular complexity index is 1090. The topological polar surface area (TPSA) is 89.0 Å². The zero-order chi connectivity index (χ0) is 26.7. The van der Waals surface area contributed by atoms with Gasteiger partial charge in [0.05, 0.1) is 12.8 Å². The summed E-state index contributed by atoms with van der Waals surface area (Å²) in [5.41, 5.74) is 0.377. The van der Waals surface area contributed by atoms with Crippen molar-refractivity contribution in [2.24, 2.45) is 11.8 Å². The molecular formula is C29H40N2O5S. The number of amides is 1. The van der Waals surface area contributed by atoms with Crippen molar-refractivity contribution in [3.63, 3.8) is 0 Å². The molecule has 0 atom stereocenters. The first kappa shape index (κ1) is 27.4. The zero-order valence-electron chi connectivity index (χ0n) is 22.7. The molecule has 2 aliphatic carbocycles. The molecule has 0 aromatic carbocycles. The van der Waals surface area contributed by atoms with Gasteiger partial charge in [0.25, 0.3) is 0 Å². The fraction of sp³-hybridized carbons (Fsp3) is 0.621. The Morgan fingerprint density at radius 1 is 1.03 bits per heavy atom. The van der Waals surface area contributed by atoms with Crippen LogP contribution in [0.2, 0.25) is 0 Å². The summed E-state index contributed by atoms with van der Waals surface area (Å²) >= 11 is 1.30. The molecular weight excluding hydrogens is 488 g/mol. The number of carbonyl (C=O) groups is 2. The van der Waals surface area contributed by atoms with Crippen LogP contribution in [0.5, 0.6) is 11.8 Å². The molecule has 37 heavy (non-hydrogen) atoms. The number of thiophene rings is 1. The van der Waals surface area contributed by atoms with Crippen molar-refractivity contribution in [2.75, 3.05) is 12.0 Å². The molecule has 2 aromatic heterocycles. The van der Waals surface area contributed by atoms with Gasteiger partial charge >= 0.3 is 5.97 Å². The van der Waals surface area contributed by atoms with Gasteiger partial charge in [-0.15, -0.1) is 11.3 Å². The largest absolute Gasteiger partial charge is 0.481 e. The number of anilines is 1. The van der Waals surface area contributed by atoms with E-state index in [1.54, 1.807) is 13.2 Å². The minimum absolute atomic E-state index is 0.00473. The molecule has 0 bridgehead atoms. The Hall–Kier alpha value is -2.61. The van der Waals surface area contributed by atoms with E-state index < -0.39 is 5.97 Å². The van der Waals surface area contributed by atoms with Crippen molar-refractivity contribution >= 4 is 28.9 Å². The summed E-state index contributed by atoms with van der Waals surface area (Å²) in [6, 6.07) is 7.37. The van der Waals surface area contributed by atoms with E-state index in [0.29, 0.717) is 23.4 Å². The fourth-order valence-corrected chi connectivity index (χ4v) is 6.50. The summed E-state index contributed by atoms with van der Waals surface area (Å²) in [6.07, 6.45) is 6.87. The SMILES string of the molecule is COc1cccc(O[C@H]2CC[C@H](N(c3cc(C(C)(C)C)sc3C(=O)O)C(=O)[C@H]3CC[C@H](C)CC3)CC2)n1. The van der Waals surface area contributed by atoms with Gasteiger partial charge < -0.3 is 19.5 Å². The number of carbonyl (C=O) groups excluding carboxylic acids is 1. The first-order chi connectivity index (χ1) is 17.6. The van der Waals surface area contributed by atoms with Gasteiger partial charge in [0.1, 0.15) is 11.0 Å². The molecule has 4 rings (SSSR count). The second-order valence-electron chi connectivity index (χ2n) is 11.6. The van der Waals surface area contributed by atoms with E-state index in [9.17, 15) is 14.7 Å². The highest BCUT2D eigenvalue weighted by Gasteiger charge is 2.38.